The molecule has 1 aromatic carbocycles. The molecule has 0 amide bonds. The summed E-state index contributed by atoms with van der Waals surface area (Å²) in [6.45, 7) is 5.81. The second kappa shape index (κ2) is 6.92. The Hall–Kier alpha value is -0.540. The van der Waals surface area contributed by atoms with Crippen LogP contribution in [-0.4, -0.2) is 13.7 Å². The van der Waals surface area contributed by atoms with Crippen molar-refractivity contribution in [2.75, 3.05) is 13.7 Å². The zero-order chi connectivity index (χ0) is 12.0. The molecular formula is C13H19BrO2. The highest BCUT2D eigenvalue weighted by Gasteiger charge is 2.03. The summed E-state index contributed by atoms with van der Waals surface area (Å²) in [6.07, 6.45) is 1.10. The molecule has 0 aliphatic carbocycles. The highest BCUT2D eigenvalue weighted by atomic mass is 79.9. The molecule has 0 unspecified atom stereocenters. The minimum Gasteiger partial charge on any atom is -0.496 e. The predicted molar refractivity (Wildman–Crippen MR) is 69.8 cm³/mol. The molecule has 90 valence electrons. The molecule has 0 aromatic heterocycles. The van der Waals surface area contributed by atoms with E-state index in [4.69, 9.17) is 9.47 Å². The van der Waals surface area contributed by atoms with Crippen LogP contribution >= 0.6 is 15.9 Å². The van der Waals surface area contributed by atoms with Crippen LogP contribution in [-0.2, 0) is 11.3 Å². The Bertz CT molecular complexity index is 324. The van der Waals surface area contributed by atoms with Crippen molar-refractivity contribution in [3.05, 3.63) is 28.2 Å². The van der Waals surface area contributed by atoms with E-state index in [1.54, 1.807) is 7.11 Å². The van der Waals surface area contributed by atoms with Crippen LogP contribution in [0.3, 0.4) is 0 Å². The first-order valence-electron chi connectivity index (χ1n) is 5.53. The Morgan fingerprint density at radius 2 is 2.06 bits per heavy atom. The van der Waals surface area contributed by atoms with E-state index < -0.39 is 0 Å². The Morgan fingerprint density at radius 1 is 1.31 bits per heavy atom. The van der Waals surface area contributed by atoms with Crippen molar-refractivity contribution in [2.45, 2.75) is 26.9 Å². The fourth-order valence-corrected chi connectivity index (χ4v) is 1.68. The summed E-state index contributed by atoms with van der Waals surface area (Å²) in [5, 5.41) is 0. The summed E-state index contributed by atoms with van der Waals surface area (Å²) < 4.78 is 11.9. The molecule has 3 heteroatoms. The van der Waals surface area contributed by atoms with Crippen molar-refractivity contribution in [1.82, 2.24) is 0 Å². The lowest BCUT2D eigenvalue weighted by molar-refractivity contribution is 0.109. The Morgan fingerprint density at radius 3 is 2.69 bits per heavy atom. The van der Waals surface area contributed by atoms with Crippen molar-refractivity contribution < 1.29 is 9.47 Å². The van der Waals surface area contributed by atoms with E-state index in [1.807, 2.05) is 18.2 Å². The van der Waals surface area contributed by atoms with Crippen LogP contribution in [0.1, 0.15) is 25.8 Å². The second-order valence-electron chi connectivity index (χ2n) is 4.19. The van der Waals surface area contributed by atoms with E-state index in [9.17, 15) is 0 Å². The molecule has 0 spiro atoms. The van der Waals surface area contributed by atoms with Gasteiger partial charge in [-0.1, -0.05) is 35.8 Å². The van der Waals surface area contributed by atoms with Crippen molar-refractivity contribution in [3.8, 4) is 5.75 Å². The molecule has 2 nitrogen and oxygen atoms in total. The molecule has 0 aliphatic heterocycles. The van der Waals surface area contributed by atoms with Gasteiger partial charge in [0.1, 0.15) is 5.75 Å². The molecule has 1 aromatic rings. The van der Waals surface area contributed by atoms with E-state index in [0.717, 1.165) is 28.8 Å². The predicted octanol–water partition coefficient (Wildman–Crippen LogP) is 4.02. The third-order valence-electron chi connectivity index (χ3n) is 2.35. The van der Waals surface area contributed by atoms with Gasteiger partial charge in [-0.15, -0.1) is 0 Å². The number of benzene rings is 1. The van der Waals surface area contributed by atoms with Gasteiger partial charge in [-0.2, -0.15) is 0 Å². The van der Waals surface area contributed by atoms with Crippen LogP contribution in [0.25, 0.3) is 0 Å². The van der Waals surface area contributed by atoms with Crippen molar-refractivity contribution in [2.24, 2.45) is 5.92 Å². The molecule has 0 aliphatic rings. The summed E-state index contributed by atoms with van der Waals surface area (Å²) in [5.74, 6) is 1.56. The fourth-order valence-electron chi connectivity index (χ4n) is 1.34. The molecule has 0 saturated carbocycles. The summed E-state index contributed by atoms with van der Waals surface area (Å²) in [5.41, 5.74) is 1.09. The minimum absolute atomic E-state index is 0.614. The van der Waals surface area contributed by atoms with Gasteiger partial charge in [-0.3, -0.25) is 0 Å². The van der Waals surface area contributed by atoms with Crippen LogP contribution < -0.4 is 4.74 Å². The van der Waals surface area contributed by atoms with E-state index in [0.29, 0.717) is 12.5 Å². The Kier molecular flexibility index (Phi) is 5.85. The van der Waals surface area contributed by atoms with Crippen molar-refractivity contribution in [3.63, 3.8) is 0 Å². The maximum atomic E-state index is 5.62. The number of methoxy groups -OCH3 is 1. The topological polar surface area (TPSA) is 18.5 Å². The van der Waals surface area contributed by atoms with E-state index in [-0.39, 0.29) is 0 Å². The van der Waals surface area contributed by atoms with Crippen LogP contribution in [0.5, 0.6) is 5.75 Å². The van der Waals surface area contributed by atoms with Gasteiger partial charge < -0.3 is 9.47 Å². The van der Waals surface area contributed by atoms with Gasteiger partial charge in [0.05, 0.1) is 13.7 Å². The number of ether oxygens (including phenoxy) is 2. The molecule has 0 fully saturated rings. The molecule has 0 radical (unpaired) electrons. The van der Waals surface area contributed by atoms with Crippen molar-refractivity contribution >= 4 is 15.9 Å². The van der Waals surface area contributed by atoms with Gasteiger partial charge in [0.15, 0.2) is 0 Å². The molecular weight excluding hydrogens is 268 g/mol. The van der Waals surface area contributed by atoms with Crippen LogP contribution in [0, 0.1) is 5.92 Å². The standard InChI is InChI=1S/C13H19BrO2/c1-10(2)6-7-16-9-11-4-5-12(14)8-13(11)15-3/h4-5,8,10H,6-7,9H2,1-3H3. The smallest absolute Gasteiger partial charge is 0.125 e. The highest BCUT2D eigenvalue weighted by Crippen LogP contribution is 2.24. The summed E-state index contributed by atoms with van der Waals surface area (Å²) in [6, 6.07) is 5.99. The number of halogens is 1. The number of rotatable bonds is 6. The number of hydrogen-bond donors (Lipinski definition) is 0. The van der Waals surface area contributed by atoms with Gasteiger partial charge in [-0.25, -0.2) is 0 Å². The monoisotopic (exact) mass is 286 g/mol. The SMILES string of the molecule is COc1cc(Br)ccc1COCCC(C)C. The van der Waals surface area contributed by atoms with Crippen molar-refractivity contribution in [1.29, 1.82) is 0 Å². The van der Waals surface area contributed by atoms with Gasteiger partial charge in [-0.05, 0) is 24.5 Å². The lowest BCUT2D eigenvalue weighted by Gasteiger charge is -2.10. The van der Waals surface area contributed by atoms with Gasteiger partial charge in [0, 0.05) is 16.6 Å². The normalized spacial score (nSPS) is 10.8. The molecule has 0 N–H and O–H groups in total. The first kappa shape index (κ1) is 13.5. The first-order chi connectivity index (χ1) is 7.63. The van der Waals surface area contributed by atoms with Gasteiger partial charge >= 0.3 is 0 Å². The van der Waals surface area contributed by atoms with Crippen LogP contribution in [0.4, 0.5) is 0 Å². The van der Waals surface area contributed by atoms with Crippen LogP contribution in [0.15, 0.2) is 22.7 Å². The lowest BCUT2D eigenvalue weighted by Crippen LogP contribution is -2.00. The molecule has 0 heterocycles. The van der Waals surface area contributed by atoms with E-state index in [1.165, 1.54) is 0 Å². The lowest BCUT2D eigenvalue weighted by atomic mass is 10.1. The number of hydrogen-bond acceptors (Lipinski definition) is 2. The summed E-state index contributed by atoms with van der Waals surface area (Å²) in [7, 11) is 1.68. The highest BCUT2D eigenvalue weighted by molar-refractivity contribution is 9.10. The molecule has 0 bridgehead atoms. The first-order valence-corrected chi connectivity index (χ1v) is 6.33. The molecule has 16 heavy (non-hydrogen) atoms. The van der Waals surface area contributed by atoms with Crippen LogP contribution in [0.2, 0.25) is 0 Å². The maximum absolute atomic E-state index is 5.62. The molecule has 0 saturated heterocycles. The third kappa shape index (κ3) is 4.54. The zero-order valence-electron chi connectivity index (χ0n) is 10.1. The zero-order valence-corrected chi connectivity index (χ0v) is 11.7. The largest absolute Gasteiger partial charge is 0.496 e. The average Bonchev–Trinajstić information content (AvgIpc) is 2.25. The quantitative estimate of drug-likeness (QED) is 0.736. The van der Waals surface area contributed by atoms with Gasteiger partial charge in [0.25, 0.3) is 0 Å². The third-order valence-corrected chi connectivity index (χ3v) is 2.84. The molecule has 0 atom stereocenters. The Labute approximate surface area is 106 Å². The Balaban J connectivity index is 2.47. The van der Waals surface area contributed by atoms with Gasteiger partial charge in [0.2, 0.25) is 0 Å². The second-order valence-corrected chi connectivity index (χ2v) is 5.11. The summed E-state index contributed by atoms with van der Waals surface area (Å²) >= 11 is 3.42. The summed E-state index contributed by atoms with van der Waals surface area (Å²) in [4.78, 5) is 0. The average molecular weight is 287 g/mol. The van der Waals surface area contributed by atoms with E-state index in [2.05, 4.69) is 29.8 Å². The maximum Gasteiger partial charge on any atom is 0.125 e. The molecule has 1 rings (SSSR count). The van der Waals surface area contributed by atoms with E-state index >= 15 is 0 Å². The fraction of sp³-hybridized carbons (Fsp3) is 0.538. The minimum atomic E-state index is 0.614.